The molecule has 25 heavy (non-hydrogen) atoms. The fourth-order valence-electron chi connectivity index (χ4n) is 2.17. The van der Waals surface area contributed by atoms with E-state index in [0.717, 1.165) is 5.56 Å². The highest BCUT2D eigenvalue weighted by Gasteiger charge is 2.16. The van der Waals surface area contributed by atoms with Gasteiger partial charge in [0.1, 0.15) is 17.9 Å². The Bertz CT molecular complexity index is 783. The molecule has 0 atom stereocenters. The number of aromatic hydroxyl groups is 1. The quantitative estimate of drug-likeness (QED) is 0.275. The highest BCUT2D eigenvalue weighted by Crippen LogP contribution is 2.21. The predicted octanol–water partition coefficient (Wildman–Crippen LogP) is 3.10. The van der Waals surface area contributed by atoms with E-state index in [1.807, 2.05) is 12.1 Å². The molecule has 0 bridgehead atoms. The molecule has 0 amide bonds. The second kappa shape index (κ2) is 9.12. The van der Waals surface area contributed by atoms with Gasteiger partial charge in [-0.2, -0.15) is 0 Å². The fourth-order valence-corrected chi connectivity index (χ4v) is 2.17. The third kappa shape index (κ3) is 5.10. The van der Waals surface area contributed by atoms with Crippen molar-refractivity contribution in [3.63, 3.8) is 0 Å². The molecular formula is C19H19NO5. The number of rotatable bonds is 7. The maximum atomic E-state index is 11.9. The van der Waals surface area contributed by atoms with Crippen molar-refractivity contribution in [2.75, 3.05) is 14.2 Å². The Kier molecular flexibility index (Phi) is 6.59. The van der Waals surface area contributed by atoms with Crippen LogP contribution >= 0.6 is 0 Å². The van der Waals surface area contributed by atoms with Gasteiger partial charge in [-0.1, -0.05) is 41.6 Å². The molecule has 0 unspecified atom stereocenters. The van der Waals surface area contributed by atoms with E-state index in [4.69, 9.17) is 14.3 Å². The van der Waals surface area contributed by atoms with Gasteiger partial charge in [-0.3, -0.25) is 0 Å². The third-order valence-electron chi connectivity index (χ3n) is 3.32. The summed E-state index contributed by atoms with van der Waals surface area (Å²) in [4.78, 5) is 17.3. The van der Waals surface area contributed by atoms with E-state index >= 15 is 0 Å². The Hall–Kier alpha value is -3.28. The lowest BCUT2D eigenvalue weighted by molar-refractivity contribution is -0.133. The number of nitrogens with zero attached hydrogens (tertiary/aromatic N) is 1. The lowest BCUT2D eigenvalue weighted by atomic mass is 10.0. The van der Waals surface area contributed by atoms with Crippen LogP contribution in [0.15, 0.2) is 59.9 Å². The second-order valence-electron chi connectivity index (χ2n) is 5.02. The smallest absolute Gasteiger partial charge is 0.341 e. The number of ether oxygens (including phenoxy) is 2. The van der Waals surface area contributed by atoms with Crippen LogP contribution in [0.2, 0.25) is 0 Å². The van der Waals surface area contributed by atoms with Crippen molar-refractivity contribution in [3.8, 4) is 5.75 Å². The predicted molar refractivity (Wildman–Crippen MR) is 93.9 cm³/mol. The van der Waals surface area contributed by atoms with Crippen LogP contribution in [0.3, 0.4) is 0 Å². The van der Waals surface area contributed by atoms with Crippen molar-refractivity contribution >= 4 is 17.8 Å². The van der Waals surface area contributed by atoms with E-state index < -0.39 is 5.97 Å². The molecular weight excluding hydrogens is 322 g/mol. The lowest BCUT2D eigenvalue weighted by Crippen LogP contribution is -2.07. The van der Waals surface area contributed by atoms with E-state index in [9.17, 15) is 9.90 Å². The molecule has 0 spiro atoms. The molecule has 0 aliphatic heterocycles. The van der Waals surface area contributed by atoms with Gasteiger partial charge in [0.15, 0.2) is 0 Å². The normalized spacial score (nSPS) is 11.4. The largest absolute Gasteiger partial charge is 0.508 e. The molecule has 0 saturated carbocycles. The number of phenols is 1. The third-order valence-corrected chi connectivity index (χ3v) is 3.32. The van der Waals surface area contributed by atoms with Crippen LogP contribution in [0.1, 0.15) is 16.7 Å². The Morgan fingerprint density at radius 3 is 2.68 bits per heavy atom. The van der Waals surface area contributed by atoms with E-state index in [1.54, 1.807) is 36.4 Å². The average molecular weight is 341 g/mol. The van der Waals surface area contributed by atoms with Crippen LogP contribution in [0.25, 0.3) is 5.57 Å². The minimum atomic E-state index is -0.502. The summed E-state index contributed by atoms with van der Waals surface area (Å²) < 4.78 is 9.76. The number of carbonyl (C=O) groups is 1. The van der Waals surface area contributed by atoms with E-state index in [2.05, 4.69) is 5.16 Å². The van der Waals surface area contributed by atoms with Gasteiger partial charge in [-0.05, 0) is 23.3 Å². The number of oxime groups is 1. The monoisotopic (exact) mass is 341 g/mol. The van der Waals surface area contributed by atoms with Crippen LogP contribution < -0.4 is 0 Å². The van der Waals surface area contributed by atoms with Crippen molar-refractivity contribution in [1.29, 1.82) is 0 Å². The van der Waals surface area contributed by atoms with Crippen LogP contribution in [-0.2, 0) is 25.7 Å². The zero-order valence-electron chi connectivity index (χ0n) is 14.0. The molecule has 6 heteroatoms. The Morgan fingerprint density at radius 2 is 1.96 bits per heavy atom. The molecule has 0 radical (unpaired) electrons. The minimum Gasteiger partial charge on any atom is -0.508 e. The number of phenolic OH excluding ortho intramolecular Hbond substituents is 1. The number of esters is 1. The summed E-state index contributed by atoms with van der Waals surface area (Å²) in [7, 11) is 2.77. The second-order valence-corrected chi connectivity index (χ2v) is 5.02. The molecule has 2 rings (SSSR count). The summed E-state index contributed by atoms with van der Waals surface area (Å²) in [5, 5.41) is 13.3. The van der Waals surface area contributed by atoms with Crippen molar-refractivity contribution in [2.24, 2.45) is 5.16 Å². The molecule has 0 saturated heterocycles. The molecule has 0 aliphatic rings. The summed E-state index contributed by atoms with van der Waals surface area (Å²) in [6.07, 6.45) is 2.83. The van der Waals surface area contributed by atoms with Crippen LogP contribution in [0.4, 0.5) is 0 Å². The zero-order valence-corrected chi connectivity index (χ0v) is 14.0. The number of hydrogen-bond acceptors (Lipinski definition) is 6. The standard InChI is InChI=1S/C19H19NO5/c1-23-13-18(19(22)24-2)17-9-4-3-7-15(17)12-25-20-11-14-6-5-8-16(21)10-14/h3-11,13,21H,12H2,1-2H3/b18-13+,20-11?. The van der Waals surface area contributed by atoms with Gasteiger partial charge in [0.05, 0.1) is 26.7 Å². The Labute approximate surface area is 145 Å². The topological polar surface area (TPSA) is 77.4 Å². The first-order chi connectivity index (χ1) is 12.2. The van der Waals surface area contributed by atoms with Crippen molar-refractivity contribution in [3.05, 3.63) is 71.5 Å². The van der Waals surface area contributed by atoms with Gasteiger partial charge in [0.2, 0.25) is 0 Å². The highest BCUT2D eigenvalue weighted by atomic mass is 16.6. The molecule has 130 valence electrons. The Morgan fingerprint density at radius 1 is 1.16 bits per heavy atom. The maximum absolute atomic E-state index is 11.9. The molecule has 0 heterocycles. The fraction of sp³-hybridized carbons (Fsp3) is 0.158. The van der Waals surface area contributed by atoms with Gasteiger partial charge < -0.3 is 19.4 Å². The van der Waals surface area contributed by atoms with Gasteiger partial charge in [-0.25, -0.2) is 4.79 Å². The Balaban J connectivity index is 2.12. The van der Waals surface area contributed by atoms with E-state index in [1.165, 1.54) is 26.7 Å². The molecule has 6 nitrogen and oxygen atoms in total. The van der Waals surface area contributed by atoms with Crippen molar-refractivity contribution in [1.82, 2.24) is 0 Å². The van der Waals surface area contributed by atoms with E-state index in [0.29, 0.717) is 16.7 Å². The first-order valence-electron chi connectivity index (χ1n) is 7.49. The first-order valence-corrected chi connectivity index (χ1v) is 7.49. The number of carbonyl (C=O) groups excluding carboxylic acids is 1. The maximum Gasteiger partial charge on any atom is 0.341 e. The van der Waals surface area contributed by atoms with Crippen molar-refractivity contribution in [2.45, 2.75) is 6.61 Å². The SMILES string of the molecule is CO/C=C(/C(=O)OC)c1ccccc1CON=Cc1cccc(O)c1. The lowest BCUT2D eigenvalue weighted by Gasteiger charge is -2.10. The van der Waals surface area contributed by atoms with Crippen molar-refractivity contribution < 1.29 is 24.2 Å². The molecule has 2 aromatic rings. The summed E-state index contributed by atoms with van der Waals surface area (Å²) >= 11 is 0. The molecule has 0 fully saturated rings. The average Bonchev–Trinajstić information content (AvgIpc) is 2.63. The van der Waals surface area contributed by atoms with E-state index in [-0.39, 0.29) is 12.4 Å². The molecule has 2 aromatic carbocycles. The summed E-state index contributed by atoms with van der Waals surface area (Å²) in [6, 6.07) is 13.9. The first kappa shape index (κ1) is 18.1. The number of methoxy groups -OCH3 is 2. The molecule has 0 aliphatic carbocycles. The van der Waals surface area contributed by atoms with Gasteiger partial charge in [0, 0.05) is 5.56 Å². The minimum absolute atomic E-state index is 0.154. The summed E-state index contributed by atoms with van der Waals surface area (Å²) in [5.41, 5.74) is 2.40. The highest BCUT2D eigenvalue weighted by molar-refractivity contribution is 6.16. The summed E-state index contributed by atoms with van der Waals surface area (Å²) in [5.74, 6) is -0.348. The molecule has 1 N–H and O–H groups in total. The van der Waals surface area contributed by atoms with Gasteiger partial charge in [-0.15, -0.1) is 0 Å². The van der Waals surface area contributed by atoms with Crippen LogP contribution in [0, 0.1) is 0 Å². The zero-order chi connectivity index (χ0) is 18.1. The van der Waals surface area contributed by atoms with Crippen LogP contribution in [-0.4, -0.2) is 31.5 Å². The molecule has 0 aromatic heterocycles. The summed E-state index contributed by atoms with van der Waals surface area (Å²) in [6.45, 7) is 0.156. The number of benzene rings is 2. The van der Waals surface area contributed by atoms with Gasteiger partial charge in [0.25, 0.3) is 0 Å². The van der Waals surface area contributed by atoms with Gasteiger partial charge >= 0.3 is 5.97 Å². The number of hydrogen-bond donors (Lipinski definition) is 1. The van der Waals surface area contributed by atoms with Crippen LogP contribution in [0.5, 0.6) is 5.75 Å².